The van der Waals surface area contributed by atoms with Gasteiger partial charge in [0.05, 0.1) is 41.8 Å². The number of H-pyrrole nitrogens is 1. The van der Waals surface area contributed by atoms with Crippen LogP contribution in [0.3, 0.4) is 0 Å². The Morgan fingerprint density at radius 3 is 2.72 bits per heavy atom. The molecule has 2 heterocycles. The Morgan fingerprint density at radius 2 is 2.06 bits per heavy atom. The number of fused-ring (bicyclic) bond motifs is 1. The third-order valence-electron chi connectivity index (χ3n) is 5.06. The summed E-state index contributed by atoms with van der Waals surface area (Å²) in [5, 5.41) is 23.1. The normalized spacial score (nSPS) is 13.7. The Kier molecular flexibility index (Phi) is 5.56. The molecule has 0 unspecified atom stereocenters. The molecular weight excluding hydrogens is 418 g/mol. The molecule has 0 saturated heterocycles. The van der Waals surface area contributed by atoms with Crippen LogP contribution in [0.15, 0.2) is 53.7 Å². The van der Waals surface area contributed by atoms with Crippen molar-refractivity contribution in [1.82, 2.24) is 14.9 Å². The molecule has 3 N–H and O–H groups in total. The van der Waals surface area contributed by atoms with Gasteiger partial charge in [-0.25, -0.2) is 9.78 Å². The Morgan fingerprint density at radius 1 is 1.31 bits per heavy atom. The number of anilines is 1. The molecule has 3 aromatic rings. The van der Waals surface area contributed by atoms with Crippen molar-refractivity contribution in [2.45, 2.75) is 0 Å². The number of carbonyl (C=O) groups excluding carboxylic acids is 2. The van der Waals surface area contributed by atoms with Gasteiger partial charge in [-0.2, -0.15) is 0 Å². The third-order valence-corrected chi connectivity index (χ3v) is 5.06. The molecule has 32 heavy (non-hydrogen) atoms. The van der Waals surface area contributed by atoms with E-state index in [1.54, 1.807) is 30.3 Å². The molecule has 0 fully saturated rings. The highest BCUT2D eigenvalue weighted by molar-refractivity contribution is 6.08. The van der Waals surface area contributed by atoms with E-state index >= 15 is 0 Å². The predicted molar refractivity (Wildman–Crippen MR) is 115 cm³/mol. The summed E-state index contributed by atoms with van der Waals surface area (Å²) < 4.78 is 4.77. The quantitative estimate of drug-likeness (QED) is 0.288. The van der Waals surface area contributed by atoms with E-state index in [1.807, 2.05) is 0 Å². The van der Waals surface area contributed by atoms with E-state index in [4.69, 9.17) is 9.84 Å². The van der Waals surface area contributed by atoms with Gasteiger partial charge in [0.1, 0.15) is 11.5 Å². The van der Waals surface area contributed by atoms with Crippen LogP contribution in [0.1, 0.15) is 0 Å². The van der Waals surface area contributed by atoms with Crippen LogP contribution >= 0.6 is 0 Å². The monoisotopic (exact) mass is 437 g/mol. The Hall–Kier alpha value is -4.25. The molecule has 0 spiro atoms. The van der Waals surface area contributed by atoms with Crippen molar-refractivity contribution in [1.29, 1.82) is 0 Å². The summed E-state index contributed by atoms with van der Waals surface area (Å²) in [6.45, 7) is -0.0614. The topological polar surface area (TPSA) is 151 Å². The maximum absolute atomic E-state index is 12.6. The zero-order chi connectivity index (χ0) is 22.8. The molecule has 1 aliphatic heterocycles. The summed E-state index contributed by atoms with van der Waals surface area (Å²) in [6, 6.07) is 11.4. The molecule has 2 aromatic carbocycles. The maximum atomic E-state index is 12.6. The summed E-state index contributed by atoms with van der Waals surface area (Å²) in [5.74, 6) is -0.482. The van der Waals surface area contributed by atoms with Crippen LogP contribution in [0.25, 0.3) is 22.4 Å². The largest absolute Gasteiger partial charge is 0.466 e. The number of benzene rings is 2. The first-order valence-electron chi connectivity index (χ1n) is 9.64. The van der Waals surface area contributed by atoms with Crippen molar-refractivity contribution in [2.24, 2.45) is 0 Å². The van der Waals surface area contributed by atoms with Gasteiger partial charge < -0.3 is 25.0 Å². The summed E-state index contributed by atoms with van der Waals surface area (Å²) in [5.41, 5.74) is 2.71. The molecule has 11 nitrogen and oxygen atoms in total. The van der Waals surface area contributed by atoms with Crippen molar-refractivity contribution in [3.8, 4) is 11.4 Å². The Balaban J connectivity index is 1.58. The van der Waals surface area contributed by atoms with E-state index in [0.29, 0.717) is 22.5 Å². The predicted octanol–water partition coefficient (Wildman–Crippen LogP) is 1.81. The van der Waals surface area contributed by atoms with Crippen molar-refractivity contribution >= 4 is 34.3 Å². The highest BCUT2D eigenvalue weighted by Crippen LogP contribution is 2.27. The van der Waals surface area contributed by atoms with Crippen LogP contribution < -0.4 is 5.32 Å². The summed E-state index contributed by atoms with van der Waals surface area (Å²) >= 11 is 0. The molecule has 1 aromatic heterocycles. The fourth-order valence-electron chi connectivity index (χ4n) is 3.45. The van der Waals surface area contributed by atoms with E-state index in [9.17, 15) is 19.7 Å². The minimum absolute atomic E-state index is 0.0293. The molecule has 0 atom stereocenters. The van der Waals surface area contributed by atoms with E-state index in [1.165, 1.54) is 24.1 Å². The van der Waals surface area contributed by atoms with Crippen molar-refractivity contribution < 1.29 is 24.4 Å². The van der Waals surface area contributed by atoms with E-state index in [0.717, 1.165) is 5.56 Å². The number of methoxy groups -OCH3 is 1. The highest BCUT2D eigenvalue weighted by atomic mass is 16.6. The first kappa shape index (κ1) is 21.0. The van der Waals surface area contributed by atoms with Crippen molar-refractivity contribution in [3.63, 3.8) is 0 Å². The SMILES string of the molecule is COC(=O)C1=C(Nc2ccc(-c3nc4ccc([N+](=O)[O-])cc4[nH]3)cc2)C(=O)N(CCO)C1. The van der Waals surface area contributed by atoms with Crippen LogP contribution in [-0.2, 0) is 14.3 Å². The van der Waals surface area contributed by atoms with Gasteiger partial charge in [0, 0.05) is 29.9 Å². The number of aromatic amines is 1. The van der Waals surface area contributed by atoms with Crippen molar-refractivity contribution in [3.05, 3.63) is 63.8 Å². The molecular formula is C21H19N5O6. The molecule has 1 amide bonds. The molecule has 0 saturated carbocycles. The van der Waals surface area contributed by atoms with Crippen LogP contribution in [0.2, 0.25) is 0 Å². The number of imidazole rings is 1. The number of carbonyl (C=O) groups is 2. The molecule has 1 aliphatic rings. The van der Waals surface area contributed by atoms with Gasteiger partial charge in [0.2, 0.25) is 0 Å². The molecule has 0 bridgehead atoms. The van der Waals surface area contributed by atoms with E-state index in [-0.39, 0.29) is 36.7 Å². The number of amides is 1. The van der Waals surface area contributed by atoms with Crippen LogP contribution in [0.5, 0.6) is 0 Å². The van der Waals surface area contributed by atoms with Gasteiger partial charge >= 0.3 is 5.97 Å². The van der Waals surface area contributed by atoms with Gasteiger partial charge in [-0.15, -0.1) is 0 Å². The number of nitro benzene ring substituents is 1. The van der Waals surface area contributed by atoms with Crippen LogP contribution in [-0.4, -0.2) is 63.6 Å². The second kappa shape index (κ2) is 8.47. The number of hydrogen-bond donors (Lipinski definition) is 3. The second-order valence-electron chi connectivity index (χ2n) is 7.04. The molecule has 0 radical (unpaired) electrons. The Labute approximate surface area is 181 Å². The van der Waals surface area contributed by atoms with Gasteiger partial charge in [0.15, 0.2) is 0 Å². The zero-order valence-corrected chi connectivity index (χ0v) is 17.0. The van der Waals surface area contributed by atoms with Crippen LogP contribution in [0, 0.1) is 10.1 Å². The molecule has 11 heteroatoms. The van der Waals surface area contributed by atoms with Crippen LogP contribution in [0.4, 0.5) is 11.4 Å². The lowest BCUT2D eigenvalue weighted by Gasteiger charge is -2.15. The smallest absolute Gasteiger partial charge is 0.337 e. The highest BCUT2D eigenvalue weighted by Gasteiger charge is 2.34. The van der Waals surface area contributed by atoms with E-state index in [2.05, 4.69) is 15.3 Å². The second-order valence-corrected chi connectivity index (χ2v) is 7.04. The maximum Gasteiger partial charge on any atom is 0.337 e. The number of aliphatic hydroxyl groups is 1. The average Bonchev–Trinajstić information content (AvgIpc) is 3.35. The molecule has 4 rings (SSSR count). The number of esters is 1. The third kappa shape index (κ3) is 3.88. The number of rotatable bonds is 7. The van der Waals surface area contributed by atoms with E-state index < -0.39 is 16.8 Å². The first-order chi connectivity index (χ1) is 15.4. The fraction of sp³-hybridized carbons (Fsp3) is 0.190. The lowest BCUT2D eigenvalue weighted by molar-refractivity contribution is -0.384. The number of aliphatic hydroxyl groups excluding tert-OH is 1. The Bertz CT molecular complexity index is 1250. The molecule has 0 aliphatic carbocycles. The summed E-state index contributed by atoms with van der Waals surface area (Å²) in [7, 11) is 1.24. The number of nitrogens with zero attached hydrogens (tertiary/aromatic N) is 3. The molecule has 164 valence electrons. The number of non-ortho nitro benzene ring substituents is 1. The van der Waals surface area contributed by atoms with Gasteiger partial charge in [0.25, 0.3) is 11.6 Å². The fourth-order valence-corrected chi connectivity index (χ4v) is 3.45. The number of aromatic nitrogens is 2. The lowest BCUT2D eigenvalue weighted by Crippen LogP contribution is -2.31. The minimum Gasteiger partial charge on any atom is -0.466 e. The summed E-state index contributed by atoms with van der Waals surface area (Å²) in [6.07, 6.45) is 0. The lowest BCUT2D eigenvalue weighted by atomic mass is 10.2. The van der Waals surface area contributed by atoms with Gasteiger partial charge in [-0.05, 0) is 30.3 Å². The minimum atomic E-state index is -0.616. The van der Waals surface area contributed by atoms with Gasteiger partial charge in [-0.1, -0.05) is 0 Å². The number of nitro groups is 1. The average molecular weight is 437 g/mol. The van der Waals surface area contributed by atoms with Crippen molar-refractivity contribution in [2.75, 3.05) is 32.1 Å². The van der Waals surface area contributed by atoms with Gasteiger partial charge in [-0.3, -0.25) is 14.9 Å². The number of hydrogen-bond acceptors (Lipinski definition) is 8. The zero-order valence-electron chi connectivity index (χ0n) is 17.0. The first-order valence-corrected chi connectivity index (χ1v) is 9.64. The standard InChI is InChI=1S/C21H19N5O6/c1-32-21(29)15-11-25(8-9-27)20(28)18(15)22-13-4-2-12(3-5-13)19-23-16-7-6-14(26(30)31)10-17(16)24-19/h2-7,10,22,27H,8-9,11H2,1H3,(H,23,24). The number of nitrogens with one attached hydrogen (secondary N) is 2. The number of ether oxygens (including phenoxy) is 1. The number of β-amino-alcohol motifs (C(OH)–C–C–N with tert-alkyl or cyclic N) is 1. The summed E-state index contributed by atoms with van der Waals surface area (Å²) in [4.78, 5) is 44.1.